The summed E-state index contributed by atoms with van der Waals surface area (Å²) in [4.78, 5) is 14.4. The lowest BCUT2D eigenvalue weighted by atomic mass is 10.0. The first-order valence-electron chi connectivity index (χ1n) is 10.4. The van der Waals surface area contributed by atoms with Crippen LogP contribution in [0.25, 0.3) is 12.2 Å². The predicted octanol–water partition coefficient (Wildman–Crippen LogP) is 5.20. The lowest BCUT2D eigenvalue weighted by Gasteiger charge is -2.19. The Kier molecular flexibility index (Phi) is 7.92. The average molecular weight is 432 g/mol. The van der Waals surface area contributed by atoms with Crippen LogP contribution in [0.3, 0.4) is 0 Å². The van der Waals surface area contributed by atoms with Crippen LogP contribution in [0.15, 0.2) is 66.7 Å². The molecule has 1 amide bonds. The van der Waals surface area contributed by atoms with Crippen LogP contribution in [-0.4, -0.2) is 45.7 Å². The van der Waals surface area contributed by atoms with Crippen LogP contribution < -0.4 is 14.2 Å². The number of methoxy groups -OCH3 is 3. The van der Waals surface area contributed by atoms with E-state index in [9.17, 15) is 4.79 Å². The highest BCUT2D eigenvalue weighted by Crippen LogP contribution is 2.32. The molecule has 5 heteroatoms. The van der Waals surface area contributed by atoms with E-state index < -0.39 is 0 Å². The standard InChI is InChI=1S/C27H29NO4/c1-28(27(29)21-8-6-5-7-9-21)17-16-23-19-26(32-4)25(31-3)18-22(23)13-10-20-11-14-24(30-2)15-12-20/h5-15,18-19H,16-17H2,1-4H3. The highest BCUT2D eigenvalue weighted by Gasteiger charge is 2.14. The fraction of sp³-hybridized carbons (Fsp3) is 0.222. The molecule has 5 nitrogen and oxygen atoms in total. The third kappa shape index (κ3) is 5.70. The molecule has 0 fully saturated rings. The van der Waals surface area contributed by atoms with Crippen molar-refractivity contribution in [3.63, 3.8) is 0 Å². The van der Waals surface area contributed by atoms with Crippen LogP contribution in [0.2, 0.25) is 0 Å². The summed E-state index contributed by atoms with van der Waals surface area (Å²) in [5.74, 6) is 2.15. The molecule has 0 spiro atoms. The Morgan fingerprint density at radius 2 is 1.50 bits per heavy atom. The molecule has 3 rings (SSSR count). The third-order valence-electron chi connectivity index (χ3n) is 5.30. The van der Waals surface area contributed by atoms with Crippen molar-refractivity contribution in [2.45, 2.75) is 6.42 Å². The number of hydrogen-bond acceptors (Lipinski definition) is 4. The molecular weight excluding hydrogens is 402 g/mol. The molecule has 0 saturated heterocycles. The van der Waals surface area contributed by atoms with E-state index in [1.54, 1.807) is 26.2 Å². The van der Waals surface area contributed by atoms with Crippen LogP contribution in [0, 0.1) is 0 Å². The Hall–Kier alpha value is -3.73. The molecule has 32 heavy (non-hydrogen) atoms. The van der Waals surface area contributed by atoms with Gasteiger partial charge in [0.25, 0.3) is 5.91 Å². The minimum absolute atomic E-state index is 0.00130. The van der Waals surface area contributed by atoms with Gasteiger partial charge in [-0.25, -0.2) is 0 Å². The lowest BCUT2D eigenvalue weighted by molar-refractivity contribution is 0.0796. The zero-order valence-corrected chi connectivity index (χ0v) is 19.0. The Bertz CT molecular complexity index is 1060. The summed E-state index contributed by atoms with van der Waals surface area (Å²) in [7, 11) is 6.73. The van der Waals surface area contributed by atoms with Gasteiger partial charge in [0.1, 0.15) is 5.75 Å². The Morgan fingerprint density at radius 3 is 2.12 bits per heavy atom. The maximum Gasteiger partial charge on any atom is 0.253 e. The summed E-state index contributed by atoms with van der Waals surface area (Å²) in [5.41, 5.74) is 3.82. The van der Waals surface area contributed by atoms with E-state index in [1.807, 2.05) is 79.9 Å². The fourth-order valence-electron chi connectivity index (χ4n) is 3.40. The van der Waals surface area contributed by atoms with E-state index in [0.29, 0.717) is 30.0 Å². The van der Waals surface area contributed by atoms with Crippen LogP contribution in [0.4, 0.5) is 0 Å². The Morgan fingerprint density at radius 1 is 0.844 bits per heavy atom. The maximum atomic E-state index is 12.7. The highest BCUT2D eigenvalue weighted by molar-refractivity contribution is 5.94. The van der Waals surface area contributed by atoms with Crippen molar-refractivity contribution in [2.75, 3.05) is 34.9 Å². The van der Waals surface area contributed by atoms with Crippen molar-refractivity contribution in [1.82, 2.24) is 4.90 Å². The molecule has 166 valence electrons. The zero-order valence-electron chi connectivity index (χ0n) is 19.0. The van der Waals surface area contributed by atoms with Gasteiger partial charge in [-0.15, -0.1) is 0 Å². The van der Waals surface area contributed by atoms with Gasteiger partial charge in [-0.2, -0.15) is 0 Å². The normalized spacial score (nSPS) is 10.8. The molecule has 0 aliphatic rings. The number of hydrogen-bond donors (Lipinski definition) is 0. The number of nitrogens with zero attached hydrogens (tertiary/aromatic N) is 1. The Labute approximate surface area is 189 Å². The van der Waals surface area contributed by atoms with Crippen molar-refractivity contribution in [3.8, 4) is 17.2 Å². The first-order chi connectivity index (χ1) is 15.5. The largest absolute Gasteiger partial charge is 0.497 e. The zero-order chi connectivity index (χ0) is 22.9. The number of ether oxygens (including phenoxy) is 3. The molecule has 0 heterocycles. The lowest BCUT2D eigenvalue weighted by Crippen LogP contribution is -2.28. The third-order valence-corrected chi connectivity index (χ3v) is 5.30. The minimum atomic E-state index is 0.00130. The molecule has 0 saturated carbocycles. The van der Waals surface area contributed by atoms with Gasteiger partial charge in [0.05, 0.1) is 21.3 Å². The molecule has 0 aromatic heterocycles. The van der Waals surface area contributed by atoms with Gasteiger partial charge >= 0.3 is 0 Å². The number of likely N-dealkylation sites (N-methyl/N-ethyl adjacent to an activating group) is 1. The van der Waals surface area contributed by atoms with Crippen molar-refractivity contribution < 1.29 is 19.0 Å². The van der Waals surface area contributed by atoms with Crippen LogP contribution in [0.5, 0.6) is 17.2 Å². The molecule has 0 atom stereocenters. The molecular formula is C27H29NO4. The maximum absolute atomic E-state index is 12.7. The monoisotopic (exact) mass is 431 g/mol. The van der Waals surface area contributed by atoms with Crippen LogP contribution in [-0.2, 0) is 6.42 Å². The SMILES string of the molecule is COc1ccc(C=Cc2cc(OC)c(OC)cc2CCN(C)C(=O)c2ccccc2)cc1. The first-order valence-corrected chi connectivity index (χ1v) is 10.4. The van der Waals surface area contributed by atoms with E-state index in [0.717, 1.165) is 22.4 Å². The highest BCUT2D eigenvalue weighted by atomic mass is 16.5. The second-order valence-corrected chi connectivity index (χ2v) is 7.36. The number of amides is 1. The molecule has 0 aliphatic carbocycles. The number of rotatable bonds is 9. The summed E-state index contributed by atoms with van der Waals surface area (Å²) in [6, 6.07) is 21.1. The van der Waals surface area contributed by atoms with Crippen LogP contribution in [0.1, 0.15) is 27.0 Å². The Balaban J connectivity index is 1.82. The molecule has 0 aliphatic heterocycles. The van der Waals surface area contributed by atoms with E-state index >= 15 is 0 Å². The van der Waals surface area contributed by atoms with Crippen LogP contribution >= 0.6 is 0 Å². The smallest absolute Gasteiger partial charge is 0.253 e. The number of carbonyl (C=O) groups excluding carboxylic acids is 1. The van der Waals surface area contributed by atoms with Gasteiger partial charge in [-0.3, -0.25) is 4.79 Å². The van der Waals surface area contributed by atoms with Crippen molar-refractivity contribution in [3.05, 3.63) is 89.0 Å². The van der Waals surface area contributed by atoms with E-state index in [2.05, 4.69) is 6.08 Å². The van der Waals surface area contributed by atoms with Gasteiger partial charge in [-0.05, 0) is 59.5 Å². The molecule has 3 aromatic rings. The molecule has 0 unspecified atom stereocenters. The van der Waals surface area contributed by atoms with Gasteiger partial charge in [-0.1, -0.05) is 42.5 Å². The van der Waals surface area contributed by atoms with Crippen molar-refractivity contribution in [2.24, 2.45) is 0 Å². The van der Waals surface area contributed by atoms with E-state index in [-0.39, 0.29) is 5.91 Å². The van der Waals surface area contributed by atoms with E-state index in [4.69, 9.17) is 14.2 Å². The van der Waals surface area contributed by atoms with Crippen molar-refractivity contribution in [1.29, 1.82) is 0 Å². The average Bonchev–Trinajstić information content (AvgIpc) is 2.86. The summed E-state index contributed by atoms with van der Waals surface area (Å²) < 4.78 is 16.2. The van der Waals surface area contributed by atoms with Gasteiger partial charge in [0.15, 0.2) is 11.5 Å². The molecule has 0 bridgehead atoms. The second kappa shape index (κ2) is 11.0. The molecule has 3 aromatic carbocycles. The molecule has 0 N–H and O–H groups in total. The van der Waals surface area contributed by atoms with Crippen molar-refractivity contribution >= 4 is 18.1 Å². The predicted molar refractivity (Wildman–Crippen MR) is 129 cm³/mol. The quantitative estimate of drug-likeness (QED) is 0.437. The number of benzene rings is 3. The van der Waals surface area contributed by atoms with E-state index in [1.165, 1.54) is 0 Å². The summed E-state index contributed by atoms with van der Waals surface area (Å²) in [5, 5.41) is 0. The minimum Gasteiger partial charge on any atom is -0.497 e. The summed E-state index contributed by atoms with van der Waals surface area (Å²) >= 11 is 0. The first kappa shape index (κ1) is 22.9. The van der Waals surface area contributed by atoms with Gasteiger partial charge < -0.3 is 19.1 Å². The number of carbonyl (C=O) groups is 1. The summed E-state index contributed by atoms with van der Waals surface area (Å²) in [6.07, 6.45) is 4.78. The fourth-order valence-corrected chi connectivity index (χ4v) is 3.40. The van der Waals surface area contributed by atoms with Gasteiger partial charge in [0, 0.05) is 19.2 Å². The topological polar surface area (TPSA) is 48.0 Å². The molecule has 0 radical (unpaired) electrons. The van der Waals surface area contributed by atoms with Gasteiger partial charge in [0.2, 0.25) is 0 Å². The summed E-state index contributed by atoms with van der Waals surface area (Å²) in [6.45, 7) is 0.576. The second-order valence-electron chi connectivity index (χ2n) is 7.36.